The second-order valence-electron chi connectivity index (χ2n) is 4.33. The van der Waals surface area contributed by atoms with Gasteiger partial charge in [0.25, 0.3) is 5.91 Å². The fourth-order valence-corrected chi connectivity index (χ4v) is 1.68. The minimum absolute atomic E-state index is 0.0838. The molecule has 1 amide bonds. The zero-order chi connectivity index (χ0) is 13.5. The van der Waals surface area contributed by atoms with Crippen LogP contribution in [0.25, 0.3) is 0 Å². The second kappa shape index (κ2) is 6.96. The molecule has 0 aliphatic rings. The van der Waals surface area contributed by atoms with Crippen molar-refractivity contribution in [2.45, 2.75) is 26.3 Å². The minimum atomic E-state index is -0.101. The van der Waals surface area contributed by atoms with Crippen LogP contribution in [0.1, 0.15) is 30.8 Å². The number of aliphatic hydroxyl groups is 1. The van der Waals surface area contributed by atoms with Crippen molar-refractivity contribution < 1.29 is 9.90 Å². The van der Waals surface area contributed by atoms with Crippen LogP contribution in [0.3, 0.4) is 0 Å². The van der Waals surface area contributed by atoms with Gasteiger partial charge in [-0.25, -0.2) is 4.98 Å². The zero-order valence-corrected chi connectivity index (χ0v) is 11.2. The van der Waals surface area contributed by atoms with E-state index < -0.39 is 0 Å². The van der Waals surface area contributed by atoms with E-state index in [4.69, 9.17) is 5.11 Å². The largest absolute Gasteiger partial charge is 0.396 e. The molecule has 5 heteroatoms. The highest BCUT2D eigenvalue weighted by Gasteiger charge is 2.19. The molecular weight excluding hydrogens is 230 g/mol. The number of carbonyl (C=O) groups is 1. The predicted octanol–water partition coefficient (Wildman–Crippen LogP) is 1.36. The van der Waals surface area contributed by atoms with Crippen LogP contribution in [0.15, 0.2) is 18.2 Å². The Morgan fingerprint density at radius 2 is 2.22 bits per heavy atom. The van der Waals surface area contributed by atoms with E-state index in [2.05, 4.69) is 10.3 Å². The molecule has 0 aromatic carbocycles. The average molecular weight is 251 g/mol. The van der Waals surface area contributed by atoms with Gasteiger partial charge in [0, 0.05) is 26.2 Å². The molecule has 0 unspecified atom stereocenters. The van der Waals surface area contributed by atoms with Gasteiger partial charge in [0.1, 0.15) is 11.5 Å². The number of amides is 1. The molecule has 1 aromatic rings. The highest BCUT2D eigenvalue weighted by molar-refractivity contribution is 5.92. The molecule has 100 valence electrons. The van der Waals surface area contributed by atoms with E-state index in [1.54, 1.807) is 24.1 Å². The number of hydrogen-bond acceptors (Lipinski definition) is 4. The summed E-state index contributed by atoms with van der Waals surface area (Å²) in [6, 6.07) is 5.40. The Hall–Kier alpha value is -1.62. The third kappa shape index (κ3) is 3.70. The molecule has 0 radical (unpaired) electrons. The summed E-state index contributed by atoms with van der Waals surface area (Å²) in [6.45, 7) is 4.54. The molecule has 0 fully saturated rings. The van der Waals surface area contributed by atoms with E-state index in [1.807, 2.05) is 19.9 Å². The summed E-state index contributed by atoms with van der Waals surface area (Å²) in [4.78, 5) is 18.3. The van der Waals surface area contributed by atoms with Gasteiger partial charge in [-0.1, -0.05) is 6.07 Å². The molecule has 0 aliphatic carbocycles. The SMILES string of the molecule is CNc1cccc(C(=O)N(CCCO)C(C)C)n1. The molecular formula is C13H21N3O2. The molecule has 18 heavy (non-hydrogen) atoms. The number of nitrogens with one attached hydrogen (secondary N) is 1. The lowest BCUT2D eigenvalue weighted by atomic mass is 10.2. The van der Waals surface area contributed by atoms with Crippen molar-refractivity contribution in [3.8, 4) is 0 Å². The molecule has 1 heterocycles. The van der Waals surface area contributed by atoms with E-state index in [1.165, 1.54) is 0 Å². The molecule has 2 N–H and O–H groups in total. The van der Waals surface area contributed by atoms with Crippen molar-refractivity contribution in [3.05, 3.63) is 23.9 Å². The first-order chi connectivity index (χ1) is 8.60. The van der Waals surface area contributed by atoms with Crippen LogP contribution in [0.4, 0.5) is 5.82 Å². The van der Waals surface area contributed by atoms with Gasteiger partial charge in [0.05, 0.1) is 0 Å². The van der Waals surface area contributed by atoms with E-state index >= 15 is 0 Å². The van der Waals surface area contributed by atoms with Gasteiger partial charge < -0.3 is 15.3 Å². The summed E-state index contributed by atoms with van der Waals surface area (Å²) >= 11 is 0. The van der Waals surface area contributed by atoms with E-state index in [-0.39, 0.29) is 18.6 Å². The molecule has 0 aliphatic heterocycles. The molecule has 5 nitrogen and oxygen atoms in total. The summed E-state index contributed by atoms with van der Waals surface area (Å²) in [6.07, 6.45) is 0.579. The fourth-order valence-electron chi connectivity index (χ4n) is 1.68. The van der Waals surface area contributed by atoms with Crippen molar-refractivity contribution in [1.29, 1.82) is 0 Å². The number of hydrogen-bond donors (Lipinski definition) is 2. The van der Waals surface area contributed by atoms with Gasteiger partial charge in [0.15, 0.2) is 0 Å². The number of rotatable bonds is 6. The highest BCUT2D eigenvalue weighted by atomic mass is 16.3. The number of aliphatic hydroxyl groups excluding tert-OH is 1. The van der Waals surface area contributed by atoms with Crippen LogP contribution in [0.5, 0.6) is 0 Å². The van der Waals surface area contributed by atoms with Crippen molar-refractivity contribution in [2.75, 3.05) is 25.5 Å². The van der Waals surface area contributed by atoms with Gasteiger partial charge in [-0.3, -0.25) is 4.79 Å². The molecule has 0 atom stereocenters. The third-order valence-electron chi connectivity index (χ3n) is 2.67. The smallest absolute Gasteiger partial charge is 0.272 e. The topological polar surface area (TPSA) is 65.5 Å². The molecule has 0 bridgehead atoms. The molecule has 0 saturated heterocycles. The summed E-state index contributed by atoms with van der Waals surface area (Å²) in [5.41, 5.74) is 0.425. The Bertz CT molecular complexity index is 394. The number of anilines is 1. The first-order valence-electron chi connectivity index (χ1n) is 6.16. The van der Waals surface area contributed by atoms with Crippen molar-refractivity contribution in [2.24, 2.45) is 0 Å². The second-order valence-corrected chi connectivity index (χ2v) is 4.33. The van der Waals surface area contributed by atoms with Crippen LogP contribution in [-0.4, -0.2) is 47.1 Å². The maximum atomic E-state index is 12.3. The quantitative estimate of drug-likeness (QED) is 0.801. The summed E-state index contributed by atoms with van der Waals surface area (Å²) in [5, 5.41) is 11.8. The standard InChI is InChI=1S/C13H21N3O2/c1-10(2)16(8-5-9-17)13(18)11-6-4-7-12(14-3)15-11/h4,6-7,10,17H,5,8-9H2,1-3H3,(H,14,15). The predicted molar refractivity (Wildman–Crippen MR) is 71.7 cm³/mol. The minimum Gasteiger partial charge on any atom is -0.396 e. The highest BCUT2D eigenvalue weighted by Crippen LogP contribution is 2.10. The van der Waals surface area contributed by atoms with E-state index in [0.29, 0.717) is 24.5 Å². The maximum Gasteiger partial charge on any atom is 0.272 e. The van der Waals surface area contributed by atoms with Gasteiger partial charge in [-0.15, -0.1) is 0 Å². The molecule has 0 spiro atoms. The van der Waals surface area contributed by atoms with Crippen molar-refractivity contribution in [3.63, 3.8) is 0 Å². The van der Waals surface area contributed by atoms with Crippen molar-refractivity contribution in [1.82, 2.24) is 9.88 Å². The molecule has 1 aromatic heterocycles. The lowest BCUT2D eigenvalue weighted by Crippen LogP contribution is -2.38. The Kier molecular flexibility index (Phi) is 5.58. The normalized spacial score (nSPS) is 10.5. The Balaban J connectivity index is 2.87. The zero-order valence-electron chi connectivity index (χ0n) is 11.2. The number of carbonyl (C=O) groups excluding carboxylic acids is 1. The van der Waals surface area contributed by atoms with E-state index in [9.17, 15) is 4.79 Å². The Labute approximate surface area is 108 Å². The fraction of sp³-hybridized carbons (Fsp3) is 0.538. The number of pyridine rings is 1. The molecule has 1 rings (SSSR count). The first kappa shape index (κ1) is 14.4. The van der Waals surface area contributed by atoms with Crippen LogP contribution in [-0.2, 0) is 0 Å². The van der Waals surface area contributed by atoms with Gasteiger partial charge in [-0.2, -0.15) is 0 Å². The van der Waals surface area contributed by atoms with Gasteiger partial charge in [0.2, 0.25) is 0 Å². The summed E-state index contributed by atoms with van der Waals surface area (Å²) in [7, 11) is 1.77. The summed E-state index contributed by atoms with van der Waals surface area (Å²) in [5.74, 6) is 0.572. The Morgan fingerprint density at radius 3 is 2.78 bits per heavy atom. The summed E-state index contributed by atoms with van der Waals surface area (Å²) < 4.78 is 0. The van der Waals surface area contributed by atoms with Gasteiger partial charge in [-0.05, 0) is 32.4 Å². The van der Waals surface area contributed by atoms with Crippen LogP contribution in [0, 0.1) is 0 Å². The van der Waals surface area contributed by atoms with Crippen LogP contribution < -0.4 is 5.32 Å². The monoisotopic (exact) mass is 251 g/mol. The van der Waals surface area contributed by atoms with Crippen LogP contribution in [0.2, 0.25) is 0 Å². The van der Waals surface area contributed by atoms with Gasteiger partial charge >= 0.3 is 0 Å². The average Bonchev–Trinajstić information content (AvgIpc) is 2.38. The molecule has 0 saturated carbocycles. The Morgan fingerprint density at radius 1 is 1.50 bits per heavy atom. The first-order valence-corrected chi connectivity index (χ1v) is 6.16. The number of aromatic nitrogens is 1. The van der Waals surface area contributed by atoms with E-state index in [0.717, 1.165) is 0 Å². The van der Waals surface area contributed by atoms with Crippen molar-refractivity contribution >= 4 is 11.7 Å². The lowest BCUT2D eigenvalue weighted by molar-refractivity contribution is 0.0687. The lowest BCUT2D eigenvalue weighted by Gasteiger charge is -2.26. The number of nitrogens with zero attached hydrogens (tertiary/aromatic N) is 2. The van der Waals surface area contributed by atoms with Crippen LogP contribution >= 0.6 is 0 Å². The third-order valence-corrected chi connectivity index (χ3v) is 2.67. The maximum absolute atomic E-state index is 12.3.